The Balaban J connectivity index is 1.87. The summed E-state index contributed by atoms with van der Waals surface area (Å²) in [5.41, 5.74) is 1.99. The minimum Gasteiger partial charge on any atom is -0.316 e. The van der Waals surface area contributed by atoms with Crippen LogP contribution < -0.4 is 10.0 Å². The number of hydrogen-bond acceptors (Lipinski definition) is 3. The molecule has 0 bridgehead atoms. The van der Waals surface area contributed by atoms with Gasteiger partial charge in [-0.2, -0.15) is 0 Å². The highest BCUT2D eigenvalue weighted by molar-refractivity contribution is 7.88. The van der Waals surface area contributed by atoms with Gasteiger partial charge in [-0.3, -0.25) is 0 Å². The van der Waals surface area contributed by atoms with Crippen LogP contribution in [0.5, 0.6) is 0 Å². The van der Waals surface area contributed by atoms with Crippen LogP contribution in [-0.4, -0.2) is 22.0 Å². The van der Waals surface area contributed by atoms with Crippen LogP contribution in [0, 0.1) is 11.8 Å². The molecule has 2 unspecified atom stereocenters. The van der Waals surface area contributed by atoms with E-state index < -0.39 is 10.0 Å². The Morgan fingerprint density at radius 2 is 1.81 bits per heavy atom. The third-order valence-corrected chi connectivity index (χ3v) is 5.68. The maximum atomic E-state index is 12.2. The zero-order valence-corrected chi connectivity index (χ0v) is 13.7. The summed E-state index contributed by atoms with van der Waals surface area (Å²) in [4.78, 5) is 0. The highest BCUT2D eigenvalue weighted by Gasteiger charge is 2.24. The van der Waals surface area contributed by atoms with Crippen LogP contribution in [0.3, 0.4) is 0 Å². The Kier molecular flexibility index (Phi) is 5.79. The molecule has 4 nitrogen and oxygen atoms in total. The predicted molar refractivity (Wildman–Crippen MR) is 86.3 cm³/mol. The molecular weight excluding hydrogens is 284 g/mol. The van der Waals surface area contributed by atoms with Gasteiger partial charge in [0.2, 0.25) is 10.0 Å². The number of sulfonamides is 1. The summed E-state index contributed by atoms with van der Waals surface area (Å²) < 4.78 is 27.1. The van der Waals surface area contributed by atoms with Crippen molar-refractivity contribution in [1.82, 2.24) is 10.0 Å². The number of rotatable bonds is 7. The van der Waals surface area contributed by atoms with Crippen molar-refractivity contribution < 1.29 is 8.42 Å². The second-order valence-corrected chi connectivity index (χ2v) is 7.93. The average molecular weight is 310 g/mol. The molecule has 0 saturated heterocycles. The van der Waals surface area contributed by atoms with Gasteiger partial charge in [-0.15, -0.1) is 0 Å². The van der Waals surface area contributed by atoms with Gasteiger partial charge in [0.25, 0.3) is 0 Å². The molecular formula is C16H26N2O2S. The van der Waals surface area contributed by atoms with Crippen molar-refractivity contribution in [3.8, 4) is 0 Å². The van der Waals surface area contributed by atoms with Gasteiger partial charge in [-0.05, 0) is 36.4 Å². The summed E-state index contributed by atoms with van der Waals surface area (Å²) >= 11 is 0. The van der Waals surface area contributed by atoms with Gasteiger partial charge in [0, 0.05) is 13.1 Å². The quantitative estimate of drug-likeness (QED) is 0.812. The van der Waals surface area contributed by atoms with E-state index >= 15 is 0 Å². The number of nitrogens with one attached hydrogen (secondary N) is 2. The Morgan fingerprint density at radius 3 is 2.38 bits per heavy atom. The van der Waals surface area contributed by atoms with E-state index in [-0.39, 0.29) is 5.75 Å². The molecule has 0 heterocycles. The highest BCUT2D eigenvalue weighted by Crippen LogP contribution is 2.30. The second-order valence-electron chi connectivity index (χ2n) is 6.12. The molecule has 2 rings (SSSR count). The standard InChI is InChI=1S/C16H26N2O2S/c1-13-4-3-5-16(13)11-18-21(19,20)12-15-8-6-14(7-9-15)10-17-2/h6-9,13,16-18H,3-5,10-12H2,1-2H3. The maximum Gasteiger partial charge on any atom is 0.215 e. The summed E-state index contributed by atoms with van der Waals surface area (Å²) in [6.45, 7) is 3.60. The zero-order valence-electron chi connectivity index (χ0n) is 12.9. The van der Waals surface area contributed by atoms with Gasteiger partial charge in [-0.25, -0.2) is 13.1 Å². The molecule has 0 aromatic heterocycles. The van der Waals surface area contributed by atoms with Gasteiger partial charge in [0.15, 0.2) is 0 Å². The lowest BCUT2D eigenvalue weighted by Gasteiger charge is -2.16. The first-order chi connectivity index (χ1) is 10.00. The Hall–Kier alpha value is -0.910. The molecule has 1 aromatic rings. The zero-order chi connectivity index (χ0) is 15.3. The number of hydrogen-bond donors (Lipinski definition) is 2. The van der Waals surface area contributed by atoms with Crippen molar-refractivity contribution in [1.29, 1.82) is 0 Å². The van der Waals surface area contributed by atoms with E-state index in [0.717, 1.165) is 24.1 Å². The molecule has 2 atom stereocenters. The molecule has 118 valence electrons. The molecule has 1 fully saturated rings. The van der Waals surface area contributed by atoms with Gasteiger partial charge < -0.3 is 5.32 Å². The number of benzene rings is 1. The summed E-state index contributed by atoms with van der Waals surface area (Å²) in [7, 11) is -1.34. The van der Waals surface area contributed by atoms with E-state index in [1.807, 2.05) is 31.3 Å². The van der Waals surface area contributed by atoms with Crippen molar-refractivity contribution >= 4 is 10.0 Å². The highest BCUT2D eigenvalue weighted by atomic mass is 32.2. The first-order valence-corrected chi connectivity index (χ1v) is 9.35. The van der Waals surface area contributed by atoms with Gasteiger partial charge >= 0.3 is 0 Å². The van der Waals surface area contributed by atoms with E-state index in [9.17, 15) is 8.42 Å². The summed E-state index contributed by atoms with van der Waals surface area (Å²) in [5.74, 6) is 1.19. The summed E-state index contributed by atoms with van der Waals surface area (Å²) in [5, 5.41) is 3.08. The fraction of sp³-hybridized carbons (Fsp3) is 0.625. The Labute approximate surface area is 128 Å². The van der Waals surface area contributed by atoms with Crippen LogP contribution >= 0.6 is 0 Å². The van der Waals surface area contributed by atoms with Crippen molar-refractivity contribution in [2.75, 3.05) is 13.6 Å². The van der Waals surface area contributed by atoms with Crippen LogP contribution in [0.4, 0.5) is 0 Å². The molecule has 0 spiro atoms. The van der Waals surface area contributed by atoms with Gasteiger partial charge in [0.05, 0.1) is 5.75 Å². The summed E-state index contributed by atoms with van der Waals surface area (Å²) in [6, 6.07) is 7.73. The molecule has 0 amide bonds. The molecule has 21 heavy (non-hydrogen) atoms. The first kappa shape index (κ1) is 16.5. The van der Waals surface area contributed by atoms with Crippen molar-refractivity contribution in [2.24, 2.45) is 11.8 Å². The van der Waals surface area contributed by atoms with E-state index in [0.29, 0.717) is 18.4 Å². The molecule has 2 N–H and O–H groups in total. The molecule has 0 aliphatic heterocycles. The smallest absolute Gasteiger partial charge is 0.215 e. The molecule has 1 aliphatic carbocycles. The largest absolute Gasteiger partial charge is 0.316 e. The predicted octanol–water partition coefficient (Wildman–Crippen LogP) is 2.26. The summed E-state index contributed by atoms with van der Waals surface area (Å²) in [6.07, 6.45) is 3.59. The molecule has 1 saturated carbocycles. The lowest BCUT2D eigenvalue weighted by atomic mass is 9.99. The van der Waals surface area contributed by atoms with Gasteiger partial charge in [-0.1, -0.05) is 44.0 Å². The van der Waals surface area contributed by atoms with Crippen LogP contribution in [0.25, 0.3) is 0 Å². The van der Waals surface area contributed by atoms with Crippen LogP contribution in [-0.2, 0) is 22.3 Å². The fourth-order valence-corrected chi connectivity index (χ4v) is 4.19. The van der Waals surface area contributed by atoms with Crippen molar-refractivity contribution in [3.63, 3.8) is 0 Å². The van der Waals surface area contributed by atoms with E-state index in [1.54, 1.807) is 0 Å². The molecule has 5 heteroatoms. The fourth-order valence-electron chi connectivity index (χ4n) is 2.99. The van der Waals surface area contributed by atoms with Gasteiger partial charge in [0.1, 0.15) is 0 Å². The van der Waals surface area contributed by atoms with E-state index in [2.05, 4.69) is 17.0 Å². The normalized spacial score (nSPS) is 22.6. The lowest BCUT2D eigenvalue weighted by Crippen LogP contribution is -2.31. The van der Waals surface area contributed by atoms with Crippen LogP contribution in [0.15, 0.2) is 24.3 Å². The Morgan fingerprint density at radius 1 is 1.14 bits per heavy atom. The minimum atomic E-state index is -3.24. The monoisotopic (exact) mass is 310 g/mol. The maximum absolute atomic E-state index is 12.2. The second kappa shape index (κ2) is 7.38. The lowest BCUT2D eigenvalue weighted by molar-refractivity contribution is 0.414. The third kappa shape index (κ3) is 5.09. The average Bonchev–Trinajstić information content (AvgIpc) is 2.84. The van der Waals surface area contributed by atoms with Crippen molar-refractivity contribution in [3.05, 3.63) is 35.4 Å². The molecule has 0 radical (unpaired) electrons. The molecule has 1 aromatic carbocycles. The van der Waals surface area contributed by atoms with Crippen LogP contribution in [0.2, 0.25) is 0 Å². The first-order valence-electron chi connectivity index (χ1n) is 7.70. The Bertz CT molecular complexity index is 540. The van der Waals surface area contributed by atoms with Crippen LogP contribution in [0.1, 0.15) is 37.3 Å². The minimum absolute atomic E-state index is 0.0634. The van der Waals surface area contributed by atoms with E-state index in [4.69, 9.17) is 0 Å². The van der Waals surface area contributed by atoms with E-state index in [1.165, 1.54) is 12.8 Å². The molecule has 1 aliphatic rings. The SMILES string of the molecule is CNCc1ccc(CS(=O)(=O)NCC2CCCC2C)cc1. The van der Waals surface area contributed by atoms with Crippen molar-refractivity contribution in [2.45, 2.75) is 38.5 Å². The topological polar surface area (TPSA) is 58.2 Å². The third-order valence-electron chi connectivity index (χ3n) is 4.37.